The van der Waals surface area contributed by atoms with Crippen LogP contribution in [0.2, 0.25) is 0 Å². The minimum Gasteiger partial charge on any atom is -0.442 e. The van der Waals surface area contributed by atoms with E-state index in [4.69, 9.17) is 9.15 Å². The molecule has 2 fully saturated rings. The number of fused-ring (bicyclic) bond motifs is 1. The highest BCUT2D eigenvalue weighted by Gasteiger charge is 2.29. The maximum Gasteiger partial charge on any atom is 0.258 e. The molecule has 7 heteroatoms. The Kier molecular flexibility index (Phi) is 4.10. The van der Waals surface area contributed by atoms with Gasteiger partial charge >= 0.3 is 0 Å². The van der Waals surface area contributed by atoms with Crippen molar-refractivity contribution < 1.29 is 13.9 Å². The van der Waals surface area contributed by atoms with Crippen LogP contribution in [0.15, 0.2) is 10.7 Å². The van der Waals surface area contributed by atoms with E-state index in [2.05, 4.69) is 14.9 Å². The quantitative estimate of drug-likeness (QED) is 0.838. The number of carbonyl (C=O) groups excluding carboxylic acids is 1. The topological polar surface area (TPSA) is 71.7 Å². The Morgan fingerprint density at radius 2 is 1.83 bits per heavy atom. The van der Waals surface area contributed by atoms with E-state index in [9.17, 15) is 4.79 Å². The number of likely N-dealkylation sites (tertiary alicyclic amines) is 1. The number of aryl methyl sites for hydroxylation is 1. The monoisotopic (exact) mass is 330 g/mol. The minimum absolute atomic E-state index is 0.0373. The van der Waals surface area contributed by atoms with Crippen molar-refractivity contribution in [2.24, 2.45) is 0 Å². The Morgan fingerprint density at radius 3 is 2.58 bits per heavy atom. The first-order chi connectivity index (χ1) is 11.8. The van der Waals surface area contributed by atoms with E-state index in [1.165, 1.54) is 12.7 Å². The fraction of sp³-hybridized carbons (Fsp3) is 0.588. The predicted octanol–water partition coefficient (Wildman–Crippen LogP) is 1.99. The average Bonchev–Trinajstić information content (AvgIpc) is 2.98. The van der Waals surface area contributed by atoms with E-state index in [0.29, 0.717) is 30.3 Å². The fourth-order valence-corrected chi connectivity index (χ4v) is 3.56. The smallest absolute Gasteiger partial charge is 0.258 e. The number of morpholine rings is 1. The van der Waals surface area contributed by atoms with Gasteiger partial charge in [-0.2, -0.15) is 0 Å². The molecule has 0 bridgehead atoms. The Bertz CT molecular complexity index is 746. The molecule has 2 aliphatic heterocycles. The van der Waals surface area contributed by atoms with Gasteiger partial charge in [0.1, 0.15) is 17.9 Å². The lowest BCUT2D eigenvalue weighted by Crippen LogP contribution is -2.38. The summed E-state index contributed by atoms with van der Waals surface area (Å²) < 4.78 is 11.2. The van der Waals surface area contributed by atoms with Crippen LogP contribution in [0.5, 0.6) is 0 Å². The Balaban J connectivity index is 1.79. The SMILES string of the molecule is Cc1oc2ncnc(N3CCOCC3)c2c1C(=O)N1CCCCC1. The Morgan fingerprint density at radius 1 is 1.08 bits per heavy atom. The van der Waals surface area contributed by atoms with Crippen LogP contribution in [0.25, 0.3) is 11.1 Å². The number of aromatic nitrogens is 2. The van der Waals surface area contributed by atoms with Crippen LogP contribution in [0.1, 0.15) is 35.4 Å². The summed E-state index contributed by atoms with van der Waals surface area (Å²) in [6, 6.07) is 0. The molecule has 0 radical (unpaired) electrons. The van der Waals surface area contributed by atoms with Gasteiger partial charge < -0.3 is 19.0 Å². The molecule has 0 atom stereocenters. The first kappa shape index (κ1) is 15.4. The van der Waals surface area contributed by atoms with E-state index in [1.807, 2.05) is 11.8 Å². The van der Waals surface area contributed by atoms with E-state index in [1.54, 1.807) is 0 Å². The standard InChI is InChI=1S/C17H22N4O3/c1-12-13(17(22)21-5-3-2-4-6-21)14-15(18-11-19-16(14)24-12)20-7-9-23-10-8-20/h11H,2-10H2,1H3. The zero-order valence-corrected chi connectivity index (χ0v) is 14.0. The maximum atomic E-state index is 13.1. The number of hydrogen-bond donors (Lipinski definition) is 0. The summed E-state index contributed by atoms with van der Waals surface area (Å²) in [5.74, 6) is 1.44. The Hall–Kier alpha value is -2.15. The van der Waals surface area contributed by atoms with E-state index in [-0.39, 0.29) is 5.91 Å². The largest absolute Gasteiger partial charge is 0.442 e. The number of piperidine rings is 1. The molecule has 4 heterocycles. The van der Waals surface area contributed by atoms with Crippen molar-refractivity contribution in [1.82, 2.24) is 14.9 Å². The molecule has 0 N–H and O–H groups in total. The molecule has 2 saturated heterocycles. The lowest BCUT2D eigenvalue weighted by atomic mass is 10.1. The lowest BCUT2D eigenvalue weighted by molar-refractivity contribution is 0.0724. The van der Waals surface area contributed by atoms with E-state index >= 15 is 0 Å². The van der Waals surface area contributed by atoms with Gasteiger partial charge in [0.2, 0.25) is 5.71 Å². The van der Waals surface area contributed by atoms with Gasteiger partial charge in [-0.3, -0.25) is 4.79 Å². The van der Waals surface area contributed by atoms with Gasteiger partial charge in [0.05, 0.1) is 24.2 Å². The molecular formula is C17H22N4O3. The second-order valence-electron chi connectivity index (χ2n) is 6.36. The summed E-state index contributed by atoms with van der Waals surface area (Å²) in [6.45, 7) is 6.30. The molecule has 4 rings (SSSR count). The first-order valence-electron chi connectivity index (χ1n) is 8.62. The highest BCUT2D eigenvalue weighted by molar-refractivity contribution is 6.10. The Labute approximate surface area is 140 Å². The molecule has 0 spiro atoms. The number of hydrogen-bond acceptors (Lipinski definition) is 6. The summed E-state index contributed by atoms with van der Waals surface area (Å²) in [6.07, 6.45) is 4.82. The van der Waals surface area contributed by atoms with Gasteiger partial charge in [-0.05, 0) is 26.2 Å². The third-order valence-electron chi connectivity index (χ3n) is 4.81. The highest BCUT2D eigenvalue weighted by atomic mass is 16.5. The molecule has 1 amide bonds. The van der Waals surface area contributed by atoms with Crippen LogP contribution in [0.3, 0.4) is 0 Å². The number of nitrogens with zero attached hydrogens (tertiary/aromatic N) is 4. The minimum atomic E-state index is 0.0373. The van der Waals surface area contributed by atoms with Crippen molar-refractivity contribution >= 4 is 22.8 Å². The number of rotatable bonds is 2. The molecule has 2 aromatic rings. The maximum absolute atomic E-state index is 13.1. The summed E-state index contributed by atoms with van der Waals surface area (Å²) in [4.78, 5) is 25.9. The molecule has 128 valence electrons. The molecule has 2 aliphatic rings. The molecule has 0 saturated carbocycles. The molecule has 2 aromatic heterocycles. The van der Waals surface area contributed by atoms with Gasteiger partial charge in [-0.25, -0.2) is 9.97 Å². The van der Waals surface area contributed by atoms with Crippen molar-refractivity contribution in [3.05, 3.63) is 17.7 Å². The van der Waals surface area contributed by atoms with Crippen molar-refractivity contribution in [3.63, 3.8) is 0 Å². The molecule has 24 heavy (non-hydrogen) atoms. The number of carbonyl (C=O) groups is 1. The van der Waals surface area contributed by atoms with Gasteiger partial charge in [0, 0.05) is 26.2 Å². The van der Waals surface area contributed by atoms with Crippen LogP contribution in [0.4, 0.5) is 5.82 Å². The highest BCUT2D eigenvalue weighted by Crippen LogP contribution is 2.32. The zero-order chi connectivity index (χ0) is 16.5. The van der Waals surface area contributed by atoms with Gasteiger partial charge in [-0.15, -0.1) is 0 Å². The second-order valence-corrected chi connectivity index (χ2v) is 6.36. The molecule has 0 aliphatic carbocycles. The second kappa shape index (κ2) is 6.39. The van der Waals surface area contributed by atoms with Crippen LogP contribution in [-0.2, 0) is 4.74 Å². The normalized spacial score (nSPS) is 19.0. The zero-order valence-electron chi connectivity index (χ0n) is 14.0. The summed E-state index contributed by atoms with van der Waals surface area (Å²) in [5, 5.41) is 0.743. The van der Waals surface area contributed by atoms with Crippen LogP contribution in [-0.4, -0.2) is 60.2 Å². The number of ether oxygens (including phenoxy) is 1. The summed E-state index contributed by atoms with van der Waals surface area (Å²) in [7, 11) is 0. The van der Waals surface area contributed by atoms with E-state index < -0.39 is 0 Å². The number of anilines is 1. The lowest BCUT2D eigenvalue weighted by Gasteiger charge is -2.29. The first-order valence-corrected chi connectivity index (χ1v) is 8.62. The van der Waals surface area contributed by atoms with Crippen molar-refractivity contribution in [2.45, 2.75) is 26.2 Å². The predicted molar refractivity (Wildman–Crippen MR) is 89.3 cm³/mol. The molecule has 0 aromatic carbocycles. The van der Waals surface area contributed by atoms with Crippen molar-refractivity contribution in [1.29, 1.82) is 0 Å². The molecule has 7 nitrogen and oxygen atoms in total. The van der Waals surface area contributed by atoms with Crippen LogP contribution in [0, 0.1) is 6.92 Å². The van der Waals surface area contributed by atoms with Crippen LogP contribution >= 0.6 is 0 Å². The van der Waals surface area contributed by atoms with Gasteiger partial charge in [0.15, 0.2) is 0 Å². The summed E-state index contributed by atoms with van der Waals surface area (Å²) >= 11 is 0. The van der Waals surface area contributed by atoms with Crippen molar-refractivity contribution in [3.8, 4) is 0 Å². The average molecular weight is 330 g/mol. The third kappa shape index (κ3) is 2.62. The number of furan rings is 1. The summed E-state index contributed by atoms with van der Waals surface area (Å²) in [5.41, 5.74) is 1.11. The van der Waals surface area contributed by atoms with Crippen molar-refractivity contribution in [2.75, 3.05) is 44.3 Å². The molecule has 0 unspecified atom stereocenters. The molecular weight excluding hydrogens is 308 g/mol. The van der Waals surface area contributed by atoms with E-state index in [0.717, 1.165) is 50.2 Å². The third-order valence-corrected chi connectivity index (χ3v) is 4.81. The fourth-order valence-electron chi connectivity index (χ4n) is 3.56. The van der Waals surface area contributed by atoms with Gasteiger partial charge in [-0.1, -0.05) is 0 Å². The van der Waals surface area contributed by atoms with Gasteiger partial charge in [0.25, 0.3) is 5.91 Å². The van der Waals surface area contributed by atoms with Crippen LogP contribution < -0.4 is 4.90 Å². The number of amides is 1.